The molecule has 5 nitrogen and oxygen atoms in total. The van der Waals surface area contributed by atoms with E-state index in [1.165, 1.54) is 0 Å². The molecule has 122 valence electrons. The number of carbonyl (C=O) groups is 1. The van der Waals surface area contributed by atoms with Crippen LogP contribution in [0, 0.1) is 0 Å². The first-order chi connectivity index (χ1) is 11.7. The molecule has 1 N–H and O–H groups in total. The Labute approximate surface area is 140 Å². The van der Waals surface area contributed by atoms with Gasteiger partial charge in [0.05, 0.1) is 7.11 Å². The summed E-state index contributed by atoms with van der Waals surface area (Å²) in [5.41, 5.74) is 1.56. The van der Waals surface area contributed by atoms with Crippen LogP contribution in [0.25, 0.3) is 0 Å². The van der Waals surface area contributed by atoms with Crippen LogP contribution < -0.4 is 10.1 Å². The Bertz CT molecular complexity index is 810. The SMILES string of the molecule is COc1ccc(C(NC(=O)c2ccccc2)c2nccn2C)cc1. The average molecular weight is 321 g/mol. The van der Waals surface area contributed by atoms with E-state index in [1.807, 2.05) is 60.3 Å². The molecule has 1 amide bonds. The summed E-state index contributed by atoms with van der Waals surface area (Å²) in [4.78, 5) is 17.0. The van der Waals surface area contributed by atoms with Crippen LogP contribution in [0.1, 0.15) is 27.8 Å². The highest BCUT2D eigenvalue weighted by Gasteiger charge is 2.21. The molecule has 0 bridgehead atoms. The largest absolute Gasteiger partial charge is 0.497 e. The van der Waals surface area contributed by atoms with E-state index >= 15 is 0 Å². The predicted octanol–water partition coefficient (Wildman–Crippen LogP) is 2.95. The quantitative estimate of drug-likeness (QED) is 0.786. The first kappa shape index (κ1) is 15.8. The molecular formula is C19H19N3O2. The van der Waals surface area contributed by atoms with Crippen molar-refractivity contribution in [3.8, 4) is 5.75 Å². The summed E-state index contributed by atoms with van der Waals surface area (Å²) in [6.07, 6.45) is 3.58. The summed E-state index contributed by atoms with van der Waals surface area (Å²) >= 11 is 0. The third-order valence-electron chi connectivity index (χ3n) is 3.88. The van der Waals surface area contributed by atoms with Crippen molar-refractivity contribution in [2.45, 2.75) is 6.04 Å². The molecule has 5 heteroatoms. The van der Waals surface area contributed by atoms with Crippen LogP contribution >= 0.6 is 0 Å². The lowest BCUT2D eigenvalue weighted by Crippen LogP contribution is -2.31. The number of hydrogen-bond acceptors (Lipinski definition) is 3. The summed E-state index contributed by atoms with van der Waals surface area (Å²) in [5, 5.41) is 3.07. The Morgan fingerprint density at radius 3 is 2.42 bits per heavy atom. The number of imidazole rings is 1. The van der Waals surface area contributed by atoms with Gasteiger partial charge in [0, 0.05) is 25.0 Å². The molecular weight excluding hydrogens is 302 g/mol. The van der Waals surface area contributed by atoms with E-state index < -0.39 is 0 Å². The molecule has 0 aliphatic carbocycles. The molecule has 0 fully saturated rings. The highest BCUT2D eigenvalue weighted by Crippen LogP contribution is 2.23. The van der Waals surface area contributed by atoms with Crippen molar-refractivity contribution in [3.63, 3.8) is 0 Å². The van der Waals surface area contributed by atoms with Crippen LogP contribution in [-0.4, -0.2) is 22.6 Å². The van der Waals surface area contributed by atoms with Crippen LogP contribution in [0.4, 0.5) is 0 Å². The van der Waals surface area contributed by atoms with Crippen molar-refractivity contribution in [1.82, 2.24) is 14.9 Å². The molecule has 2 aromatic carbocycles. The second kappa shape index (κ2) is 7.00. The molecule has 1 heterocycles. The summed E-state index contributed by atoms with van der Waals surface area (Å²) in [7, 11) is 3.54. The van der Waals surface area contributed by atoms with Crippen LogP contribution in [0.5, 0.6) is 5.75 Å². The minimum atomic E-state index is -0.344. The smallest absolute Gasteiger partial charge is 0.252 e. The number of methoxy groups -OCH3 is 1. The number of nitrogens with one attached hydrogen (secondary N) is 1. The number of benzene rings is 2. The first-order valence-corrected chi connectivity index (χ1v) is 7.66. The number of hydrogen-bond donors (Lipinski definition) is 1. The van der Waals surface area contributed by atoms with E-state index in [4.69, 9.17) is 4.74 Å². The van der Waals surface area contributed by atoms with Crippen LogP contribution in [-0.2, 0) is 7.05 Å². The Hall–Kier alpha value is -3.08. The number of rotatable bonds is 5. The summed E-state index contributed by atoms with van der Waals surface area (Å²) in [6, 6.07) is 16.4. The Balaban J connectivity index is 1.93. The Morgan fingerprint density at radius 2 is 1.83 bits per heavy atom. The lowest BCUT2D eigenvalue weighted by molar-refractivity contribution is 0.0941. The third kappa shape index (κ3) is 3.30. The molecule has 1 atom stereocenters. The summed E-state index contributed by atoms with van der Waals surface area (Å²) in [6.45, 7) is 0. The standard InChI is InChI=1S/C19H19N3O2/c1-22-13-12-20-18(22)17(14-8-10-16(24-2)11-9-14)21-19(23)15-6-4-3-5-7-15/h3-13,17H,1-2H3,(H,21,23). The molecule has 1 unspecified atom stereocenters. The van der Waals surface area contributed by atoms with Gasteiger partial charge in [-0.25, -0.2) is 4.98 Å². The van der Waals surface area contributed by atoms with E-state index in [-0.39, 0.29) is 11.9 Å². The minimum absolute atomic E-state index is 0.139. The number of aryl methyl sites for hydroxylation is 1. The predicted molar refractivity (Wildman–Crippen MR) is 92.0 cm³/mol. The zero-order valence-corrected chi connectivity index (χ0v) is 13.6. The van der Waals surface area contributed by atoms with Gasteiger partial charge in [0.15, 0.2) is 0 Å². The van der Waals surface area contributed by atoms with E-state index in [0.29, 0.717) is 5.56 Å². The van der Waals surface area contributed by atoms with Crippen molar-refractivity contribution in [2.75, 3.05) is 7.11 Å². The lowest BCUT2D eigenvalue weighted by Gasteiger charge is -2.19. The Morgan fingerprint density at radius 1 is 1.12 bits per heavy atom. The molecule has 0 saturated carbocycles. The molecule has 3 aromatic rings. The highest BCUT2D eigenvalue weighted by molar-refractivity contribution is 5.94. The molecule has 0 aliphatic rings. The fraction of sp³-hybridized carbons (Fsp3) is 0.158. The first-order valence-electron chi connectivity index (χ1n) is 7.66. The molecule has 0 saturated heterocycles. The maximum absolute atomic E-state index is 12.6. The fourth-order valence-corrected chi connectivity index (χ4v) is 2.55. The number of amides is 1. The minimum Gasteiger partial charge on any atom is -0.497 e. The zero-order valence-electron chi connectivity index (χ0n) is 13.6. The molecule has 3 rings (SSSR count). The monoisotopic (exact) mass is 321 g/mol. The van der Waals surface area contributed by atoms with Gasteiger partial charge in [-0.1, -0.05) is 30.3 Å². The normalized spacial score (nSPS) is 11.8. The van der Waals surface area contributed by atoms with Gasteiger partial charge >= 0.3 is 0 Å². The second-order valence-corrected chi connectivity index (χ2v) is 5.44. The average Bonchev–Trinajstić information content (AvgIpc) is 3.06. The van der Waals surface area contributed by atoms with Crippen molar-refractivity contribution in [3.05, 3.63) is 83.9 Å². The number of nitrogens with zero attached hydrogens (tertiary/aromatic N) is 2. The zero-order chi connectivity index (χ0) is 16.9. The van der Waals surface area contributed by atoms with Crippen molar-refractivity contribution < 1.29 is 9.53 Å². The highest BCUT2D eigenvalue weighted by atomic mass is 16.5. The van der Waals surface area contributed by atoms with Gasteiger partial charge in [-0.15, -0.1) is 0 Å². The molecule has 0 radical (unpaired) electrons. The van der Waals surface area contributed by atoms with Gasteiger partial charge in [-0.05, 0) is 29.8 Å². The van der Waals surface area contributed by atoms with Gasteiger partial charge in [0.25, 0.3) is 5.91 Å². The van der Waals surface area contributed by atoms with Gasteiger partial charge in [-0.2, -0.15) is 0 Å². The second-order valence-electron chi connectivity index (χ2n) is 5.44. The summed E-state index contributed by atoms with van der Waals surface area (Å²) in [5.74, 6) is 1.40. The van der Waals surface area contributed by atoms with E-state index in [1.54, 1.807) is 25.4 Å². The summed E-state index contributed by atoms with van der Waals surface area (Å²) < 4.78 is 7.11. The molecule has 1 aromatic heterocycles. The number of carbonyl (C=O) groups excluding carboxylic acids is 1. The maximum atomic E-state index is 12.6. The van der Waals surface area contributed by atoms with Gasteiger partial charge in [0.2, 0.25) is 0 Å². The molecule has 0 aliphatic heterocycles. The maximum Gasteiger partial charge on any atom is 0.252 e. The third-order valence-corrected chi connectivity index (χ3v) is 3.88. The van der Waals surface area contributed by atoms with Crippen molar-refractivity contribution >= 4 is 5.91 Å². The van der Waals surface area contributed by atoms with Gasteiger partial charge < -0.3 is 14.6 Å². The topological polar surface area (TPSA) is 56.1 Å². The molecule has 0 spiro atoms. The molecule has 24 heavy (non-hydrogen) atoms. The Kier molecular flexibility index (Phi) is 4.61. The number of aromatic nitrogens is 2. The van der Waals surface area contributed by atoms with Gasteiger partial charge in [-0.3, -0.25) is 4.79 Å². The van der Waals surface area contributed by atoms with E-state index in [9.17, 15) is 4.79 Å². The van der Waals surface area contributed by atoms with Crippen molar-refractivity contribution in [2.24, 2.45) is 7.05 Å². The van der Waals surface area contributed by atoms with Gasteiger partial charge in [0.1, 0.15) is 17.6 Å². The van der Waals surface area contributed by atoms with Crippen LogP contribution in [0.2, 0.25) is 0 Å². The number of ether oxygens (including phenoxy) is 1. The van der Waals surface area contributed by atoms with Crippen molar-refractivity contribution in [1.29, 1.82) is 0 Å². The van der Waals surface area contributed by atoms with E-state index in [2.05, 4.69) is 10.3 Å². The van der Waals surface area contributed by atoms with Crippen LogP contribution in [0.3, 0.4) is 0 Å². The lowest BCUT2D eigenvalue weighted by atomic mass is 10.0. The van der Waals surface area contributed by atoms with Crippen LogP contribution in [0.15, 0.2) is 67.0 Å². The van der Waals surface area contributed by atoms with E-state index in [0.717, 1.165) is 17.1 Å². The fourth-order valence-electron chi connectivity index (χ4n) is 2.55.